The Bertz CT molecular complexity index is 931. The second-order valence-corrected chi connectivity index (χ2v) is 7.46. The SMILES string of the molecule is O=C(c1ccccc1)c1c(CS(=O)c2ccccc2)cc(Cl)nc1Cl. The third-order valence-electron chi connectivity index (χ3n) is 3.58. The summed E-state index contributed by atoms with van der Waals surface area (Å²) in [5, 5.41) is 0.177. The Labute approximate surface area is 158 Å². The lowest BCUT2D eigenvalue weighted by Gasteiger charge is -2.11. The van der Waals surface area contributed by atoms with Crippen LogP contribution in [-0.2, 0) is 16.6 Å². The fraction of sp³-hybridized carbons (Fsp3) is 0.0526. The molecule has 0 aliphatic heterocycles. The van der Waals surface area contributed by atoms with Crippen LogP contribution in [0.1, 0.15) is 21.5 Å². The zero-order valence-electron chi connectivity index (χ0n) is 13.0. The quantitative estimate of drug-likeness (QED) is 0.459. The number of carbonyl (C=O) groups excluding carboxylic acids is 1. The largest absolute Gasteiger partial charge is 0.288 e. The summed E-state index contributed by atoms with van der Waals surface area (Å²) in [6, 6.07) is 19.3. The first-order chi connectivity index (χ1) is 12.1. The third-order valence-corrected chi connectivity index (χ3v) is 5.42. The van der Waals surface area contributed by atoms with Crippen LogP contribution in [0, 0.1) is 0 Å². The molecule has 3 aromatic rings. The zero-order valence-corrected chi connectivity index (χ0v) is 15.3. The van der Waals surface area contributed by atoms with Gasteiger partial charge in [0.15, 0.2) is 5.78 Å². The molecule has 126 valence electrons. The van der Waals surface area contributed by atoms with E-state index in [0.717, 1.165) is 0 Å². The highest BCUT2D eigenvalue weighted by Crippen LogP contribution is 2.27. The lowest BCUT2D eigenvalue weighted by atomic mass is 10.0. The number of benzene rings is 2. The van der Waals surface area contributed by atoms with Gasteiger partial charge in [0, 0.05) is 10.5 Å². The highest BCUT2D eigenvalue weighted by atomic mass is 35.5. The van der Waals surface area contributed by atoms with Crippen molar-refractivity contribution in [3.8, 4) is 0 Å². The van der Waals surface area contributed by atoms with E-state index in [4.69, 9.17) is 23.2 Å². The molecule has 1 atom stereocenters. The molecule has 0 fully saturated rings. The van der Waals surface area contributed by atoms with E-state index in [0.29, 0.717) is 16.0 Å². The molecule has 0 radical (unpaired) electrons. The maximum Gasteiger partial charge on any atom is 0.196 e. The van der Waals surface area contributed by atoms with E-state index in [1.807, 2.05) is 24.3 Å². The average molecular weight is 390 g/mol. The number of halogens is 2. The molecule has 0 bridgehead atoms. The summed E-state index contributed by atoms with van der Waals surface area (Å²) in [4.78, 5) is 17.5. The van der Waals surface area contributed by atoms with Crippen LogP contribution < -0.4 is 0 Å². The molecule has 0 N–H and O–H groups in total. The van der Waals surface area contributed by atoms with Gasteiger partial charge in [0.1, 0.15) is 10.3 Å². The summed E-state index contributed by atoms with van der Waals surface area (Å²) in [5.41, 5.74) is 1.24. The topological polar surface area (TPSA) is 47.0 Å². The molecule has 0 spiro atoms. The van der Waals surface area contributed by atoms with Crippen LogP contribution in [0.2, 0.25) is 10.3 Å². The van der Waals surface area contributed by atoms with Gasteiger partial charge in [0.25, 0.3) is 0 Å². The second kappa shape index (κ2) is 7.91. The highest BCUT2D eigenvalue weighted by molar-refractivity contribution is 7.84. The molecular formula is C19H13Cl2NO2S. The molecule has 2 aromatic carbocycles. The Morgan fingerprint density at radius 2 is 1.56 bits per heavy atom. The molecule has 6 heteroatoms. The molecule has 1 heterocycles. The van der Waals surface area contributed by atoms with Gasteiger partial charge >= 0.3 is 0 Å². The first kappa shape index (κ1) is 17.8. The van der Waals surface area contributed by atoms with E-state index in [9.17, 15) is 9.00 Å². The zero-order chi connectivity index (χ0) is 17.8. The number of rotatable bonds is 5. The van der Waals surface area contributed by atoms with Crippen molar-refractivity contribution in [1.29, 1.82) is 0 Å². The molecule has 0 aliphatic carbocycles. The molecular weight excluding hydrogens is 377 g/mol. The van der Waals surface area contributed by atoms with E-state index in [-0.39, 0.29) is 27.4 Å². The van der Waals surface area contributed by atoms with E-state index in [1.165, 1.54) is 0 Å². The van der Waals surface area contributed by atoms with Crippen molar-refractivity contribution in [2.24, 2.45) is 0 Å². The average Bonchev–Trinajstić information content (AvgIpc) is 2.62. The van der Waals surface area contributed by atoms with Crippen LogP contribution in [0.15, 0.2) is 71.6 Å². The van der Waals surface area contributed by atoms with E-state index in [1.54, 1.807) is 42.5 Å². The fourth-order valence-electron chi connectivity index (χ4n) is 2.41. The Morgan fingerprint density at radius 3 is 2.20 bits per heavy atom. The predicted molar refractivity (Wildman–Crippen MR) is 101 cm³/mol. The highest BCUT2D eigenvalue weighted by Gasteiger charge is 2.21. The molecule has 3 rings (SSSR count). The summed E-state index contributed by atoms with van der Waals surface area (Å²) < 4.78 is 12.6. The van der Waals surface area contributed by atoms with Crippen molar-refractivity contribution in [2.45, 2.75) is 10.6 Å². The first-order valence-corrected chi connectivity index (χ1v) is 9.52. The van der Waals surface area contributed by atoms with E-state index < -0.39 is 10.8 Å². The molecule has 3 nitrogen and oxygen atoms in total. The molecule has 1 unspecified atom stereocenters. The predicted octanol–water partition coefficient (Wildman–Crippen LogP) is 4.93. The minimum atomic E-state index is -1.33. The lowest BCUT2D eigenvalue weighted by Crippen LogP contribution is -2.10. The van der Waals surface area contributed by atoms with Gasteiger partial charge < -0.3 is 0 Å². The molecule has 25 heavy (non-hydrogen) atoms. The standard InChI is InChI=1S/C19H13Cl2NO2S/c20-16-11-14(12-25(24)15-9-5-2-6-10-15)17(19(21)22-16)18(23)13-7-3-1-4-8-13/h1-11H,12H2. The third kappa shape index (κ3) is 4.15. The number of aromatic nitrogens is 1. The number of ketones is 1. The fourth-order valence-corrected chi connectivity index (χ4v) is 4.11. The van der Waals surface area contributed by atoms with Gasteiger partial charge in [-0.1, -0.05) is 71.7 Å². The normalized spacial score (nSPS) is 11.9. The van der Waals surface area contributed by atoms with Crippen molar-refractivity contribution >= 4 is 39.8 Å². The van der Waals surface area contributed by atoms with Crippen molar-refractivity contribution in [1.82, 2.24) is 4.98 Å². The van der Waals surface area contributed by atoms with Gasteiger partial charge in [-0.05, 0) is 23.8 Å². The maximum absolute atomic E-state index is 12.9. The number of pyridine rings is 1. The smallest absolute Gasteiger partial charge is 0.196 e. The van der Waals surface area contributed by atoms with Gasteiger partial charge in [-0.3, -0.25) is 9.00 Å². The maximum atomic E-state index is 12.9. The Balaban J connectivity index is 2.02. The molecule has 0 aliphatic rings. The summed E-state index contributed by atoms with van der Waals surface area (Å²) in [6.07, 6.45) is 0. The summed E-state index contributed by atoms with van der Waals surface area (Å²) in [5.74, 6) is -0.144. The molecule has 0 amide bonds. The van der Waals surface area contributed by atoms with Crippen molar-refractivity contribution < 1.29 is 9.00 Å². The summed E-state index contributed by atoms with van der Waals surface area (Å²) in [6.45, 7) is 0. The minimum Gasteiger partial charge on any atom is -0.288 e. The number of carbonyl (C=O) groups is 1. The lowest BCUT2D eigenvalue weighted by molar-refractivity contribution is 0.103. The van der Waals surface area contributed by atoms with Gasteiger partial charge in [0.05, 0.1) is 22.1 Å². The van der Waals surface area contributed by atoms with Crippen LogP contribution in [0.3, 0.4) is 0 Å². The van der Waals surface area contributed by atoms with Crippen molar-refractivity contribution in [2.75, 3.05) is 0 Å². The van der Waals surface area contributed by atoms with Gasteiger partial charge in [0.2, 0.25) is 0 Å². The molecule has 1 aromatic heterocycles. The Morgan fingerprint density at radius 1 is 0.960 bits per heavy atom. The van der Waals surface area contributed by atoms with E-state index in [2.05, 4.69) is 4.98 Å². The number of nitrogens with zero attached hydrogens (tertiary/aromatic N) is 1. The molecule has 0 saturated carbocycles. The van der Waals surface area contributed by atoms with Crippen LogP contribution in [0.25, 0.3) is 0 Å². The minimum absolute atomic E-state index is 0.0152. The van der Waals surface area contributed by atoms with Crippen LogP contribution in [0.5, 0.6) is 0 Å². The van der Waals surface area contributed by atoms with Gasteiger partial charge in [-0.2, -0.15) is 0 Å². The second-order valence-electron chi connectivity index (χ2n) is 5.27. The monoisotopic (exact) mass is 389 g/mol. The Kier molecular flexibility index (Phi) is 5.63. The van der Waals surface area contributed by atoms with Gasteiger partial charge in [-0.25, -0.2) is 4.98 Å². The molecule has 0 saturated heterocycles. The first-order valence-electron chi connectivity index (χ1n) is 7.44. The van der Waals surface area contributed by atoms with Crippen LogP contribution in [0.4, 0.5) is 0 Å². The van der Waals surface area contributed by atoms with Crippen molar-refractivity contribution in [3.05, 3.63) is 93.7 Å². The summed E-state index contributed by atoms with van der Waals surface area (Å²) >= 11 is 12.2. The summed E-state index contributed by atoms with van der Waals surface area (Å²) in [7, 11) is -1.33. The van der Waals surface area contributed by atoms with Gasteiger partial charge in [-0.15, -0.1) is 0 Å². The number of hydrogen-bond donors (Lipinski definition) is 0. The number of hydrogen-bond acceptors (Lipinski definition) is 3. The Hall–Kier alpha value is -2.01. The van der Waals surface area contributed by atoms with E-state index >= 15 is 0 Å². The van der Waals surface area contributed by atoms with Crippen LogP contribution in [-0.4, -0.2) is 15.0 Å². The van der Waals surface area contributed by atoms with Crippen LogP contribution >= 0.6 is 23.2 Å². The van der Waals surface area contributed by atoms with Crippen molar-refractivity contribution in [3.63, 3.8) is 0 Å².